The average molecular weight is 474 g/mol. The van der Waals surface area contributed by atoms with Crippen LogP contribution in [0.5, 0.6) is 11.5 Å². The minimum Gasteiger partial charge on any atom is -0.493 e. The van der Waals surface area contributed by atoms with Gasteiger partial charge in [0.1, 0.15) is 12.4 Å². The van der Waals surface area contributed by atoms with Crippen molar-refractivity contribution in [1.29, 1.82) is 0 Å². The third-order valence-electron chi connectivity index (χ3n) is 3.98. The quantitative estimate of drug-likeness (QED) is 0.251. The molecule has 0 amide bonds. The van der Waals surface area contributed by atoms with Gasteiger partial charge in [-0.2, -0.15) is 0 Å². The maximum absolute atomic E-state index is 12.3. The third kappa shape index (κ3) is 4.42. The maximum Gasteiger partial charge on any atom is 0.343 e. The summed E-state index contributed by atoms with van der Waals surface area (Å²) in [6.07, 6.45) is 5.22. The molecule has 5 heteroatoms. The van der Waals surface area contributed by atoms with E-state index in [1.54, 1.807) is 25.3 Å². The lowest BCUT2D eigenvalue weighted by Gasteiger charge is -2.12. The van der Waals surface area contributed by atoms with E-state index in [2.05, 4.69) is 29.2 Å². The topological polar surface area (TPSA) is 44.8 Å². The second-order valence-electron chi connectivity index (χ2n) is 6.00. The van der Waals surface area contributed by atoms with Crippen molar-refractivity contribution in [2.45, 2.75) is 6.92 Å². The van der Waals surface area contributed by atoms with Gasteiger partial charge in [-0.3, -0.25) is 0 Å². The second-order valence-corrected chi connectivity index (χ2v) is 7.16. The fraction of sp³-hybridized carbons (Fsp3) is 0.136. The molecule has 138 valence electrons. The first-order chi connectivity index (χ1) is 13.0. The summed E-state index contributed by atoms with van der Waals surface area (Å²) >= 11 is 2.18. The summed E-state index contributed by atoms with van der Waals surface area (Å²) < 4.78 is 17.4. The largest absolute Gasteiger partial charge is 0.493 e. The van der Waals surface area contributed by atoms with Crippen LogP contribution in [0, 0.1) is 10.5 Å². The van der Waals surface area contributed by atoms with Crippen LogP contribution in [-0.2, 0) is 9.53 Å². The van der Waals surface area contributed by atoms with Gasteiger partial charge in [0.2, 0.25) is 0 Å². The normalized spacial score (nSPS) is 14.7. The predicted octanol–water partition coefficient (Wildman–Crippen LogP) is 5.15. The molecule has 0 atom stereocenters. The van der Waals surface area contributed by atoms with Gasteiger partial charge in [-0.1, -0.05) is 42.5 Å². The highest BCUT2D eigenvalue weighted by molar-refractivity contribution is 14.1. The first-order valence-electron chi connectivity index (χ1n) is 8.35. The van der Waals surface area contributed by atoms with Crippen molar-refractivity contribution in [3.8, 4) is 11.5 Å². The number of cyclic esters (lactones) is 1. The minimum absolute atomic E-state index is 0.369. The van der Waals surface area contributed by atoms with E-state index in [1.165, 1.54) is 0 Å². The molecule has 0 saturated carbocycles. The maximum atomic E-state index is 12.3. The van der Waals surface area contributed by atoms with Crippen LogP contribution in [0.1, 0.15) is 16.7 Å². The Morgan fingerprint density at radius 1 is 1.22 bits per heavy atom. The van der Waals surface area contributed by atoms with Crippen molar-refractivity contribution in [3.05, 3.63) is 81.0 Å². The summed E-state index contributed by atoms with van der Waals surface area (Å²) in [5.74, 6) is 1.44. The van der Waals surface area contributed by atoms with Gasteiger partial charge in [0, 0.05) is 5.56 Å². The van der Waals surface area contributed by atoms with E-state index >= 15 is 0 Å². The van der Waals surface area contributed by atoms with Crippen LogP contribution in [0.4, 0.5) is 0 Å². The van der Waals surface area contributed by atoms with Gasteiger partial charge < -0.3 is 14.2 Å². The van der Waals surface area contributed by atoms with Gasteiger partial charge in [0.05, 0.1) is 16.3 Å². The van der Waals surface area contributed by atoms with E-state index in [9.17, 15) is 4.79 Å². The molecule has 0 radical (unpaired) electrons. The molecule has 0 N–H and O–H groups in total. The molecule has 4 nitrogen and oxygen atoms in total. The average Bonchev–Trinajstić information content (AvgIpc) is 3.01. The second kappa shape index (κ2) is 8.43. The summed E-state index contributed by atoms with van der Waals surface area (Å²) in [7, 11) is 1.59. The van der Waals surface area contributed by atoms with E-state index in [0.717, 1.165) is 20.3 Å². The monoisotopic (exact) mass is 474 g/mol. The highest BCUT2D eigenvalue weighted by Crippen LogP contribution is 2.35. The zero-order valence-electron chi connectivity index (χ0n) is 15.1. The van der Waals surface area contributed by atoms with Crippen LogP contribution in [0.3, 0.4) is 0 Å². The molecule has 0 aromatic heterocycles. The predicted molar refractivity (Wildman–Crippen MR) is 115 cm³/mol. The van der Waals surface area contributed by atoms with Crippen LogP contribution >= 0.6 is 22.6 Å². The number of aryl methyl sites for hydroxylation is 1. The molecule has 2 aromatic rings. The van der Waals surface area contributed by atoms with Crippen molar-refractivity contribution in [2.24, 2.45) is 0 Å². The lowest BCUT2D eigenvalue weighted by molar-refractivity contribution is -0.130. The molecule has 3 rings (SSSR count). The lowest BCUT2D eigenvalue weighted by Crippen LogP contribution is -2.00. The SMILES string of the molecule is C=CCOc1c(I)cc(/C=C2/C=C(c3ccc(C)cc3)OC2=O)cc1OC. The first-order valence-corrected chi connectivity index (χ1v) is 9.43. The fourth-order valence-electron chi connectivity index (χ4n) is 2.63. The molecular weight excluding hydrogens is 455 g/mol. The van der Waals surface area contributed by atoms with E-state index in [0.29, 0.717) is 29.4 Å². The molecule has 0 saturated heterocycles. The zero-order valence-corrected chi connectivity index (χ0v) is 17.3. The van der Waals surface area contributed by atoms with Gasteiger partial charge in [-0.25, -0.2) is 4.79 Å². The van der Waals surface area contributed by atoms with Crippen molar-refractivity contribution < 1.29 is 19.0 Å². The summed E-state index contributed by atoms with van der Waals surface area (Å²) in [5, 5.41) is 0. The van der Waals surface area contributed by atoms with E-state index < -0.39 is 0 Å². The Labute approximate surface area is 172 Å². The number of hydrogen-bond acceptors (Lipinski definition) is 4. The number of carbonyl (C=O) groups is 1. The van der Waals surface area contributed by atoms with Gasteiger partial charge in [0.25, 0.3) is 0 Å². The highest BCUT2D eigenvalue weighted by atomic mass is 127. The molecule has 1 aliphatic rings. The van der Waals surface area contributed by atoms with Crippen molar-refractivity contribution in [1.82, 2.24) is 0 Å². The number of rotatable bonds is 6. The number of ether oxygens (including phenoxy) is 3. The van der Waals surface area contributed by atoms with Crippen molar-refractivity contribution in [2.75, 3.05) is 13.7 Å². The van der Waals surface area contributed by atoms with Gasteiger partial charge in [-0.15, -0.1) is 0 Å². The molecule has 0 fully saturated rings. The molecule has 0 spiro atoms. The summed E-state index contributed by atoms with van der Waals surface area (Å²) in [6, 6.07) is 11.6. The molecule has 0 aliphatic carbocycles. The van der Waals surface area contributed by atoms with Crippen LogP contribution in [0.15, 0.2) is 60.7 Å². The summed E-state index contributed by atoms with van der Waals surface area (Å²) in [5.41, 5.74) is 3.34. The highest BCUT2D eigenvalue weighted by Gasteiger charge is 2.22. The zero-order chi connectivity index (χ0) is 19.4. The number of benzene rings is 2. The number of esters is 1. The van der Waals surface area contributed by atoms with E-state index in [4.69, 9.17) is 14.2 Å². The third-order valence-corrected chi connectivity index (χ3v) is 4.78. The molecule has 27 heavy (non-hydrogen) atoms. The summed E-state index contributed by atoms with van der Waals surface area (Å²) in [6.45, 7) is 6.06. The van der Waals surface area contributed by atoms with Gasteiger partial charge in [-0.05, 0) is 59.4 Å². The molecular formula is C22H19IO4. The Bertz CT molecular complexity index is 940. The van der Waals surface area contributed by atoms with Crippen LogP contribution in [0.2, 0.25) is 0 Å². The number of methoxy groups -OCH3 is 1. The van der Waals surface area contributed by atoms with Crippen LogP contribution in [0.25, 0.3) is 11.8 Å². The molecule has 2 aromatic carbocycles. The molecule has 1 aliphatic heterocycles. The van der Waals surface area contributed by atoms with Crippen molar-refractivity contribution in [3.63, 3.8) is 0 Å². The Kier molecular flexibility index (Phi) is 6.01. The van der Waals surface area contributed by atoms with Gasteiger partial charge >= 0.3 is 5.97 Å². The fourth-order valence-corrected chi connectivity index (χ4v) is 3.42. The first kappa shape index (κ1) is 19.2. The number of halogens is 1. The Balaban J connectivity index is 1.93. The Morgan fingerprint density at radius 3 is 2.63 bits per heavy atom. The Hall–Kier alpha value is -2.54. The Morgan fingerprint density at radius 2 is 1.96 bits per heavy atom. The molecule has 1 heterocycles. The molecule has 0 unspecified atom stereocenters. The van der Waals surface area contributed by atoms with Crippen LogP contribution in [-0.4, -0.2) is 19.7 Å². The van der Waals surface area contributed by atoms with Gasteiger partial charge in [0.15, 0.2) is 11.5 Å². The number of carbonyl (C=O) groups excluding carboxylic acids is 1. The smallest absolute Gasteiger partial charge is 0.343 e. The lowest BCUT2D eigenvalue weighted by atomic mass is 10.1. The standard InChI is InChI=1S/C22H19IO4/c1-4-9-26-21-18(23)11-15(12-20(21)25-3)10-17-13-19(27-22(17)24)16-7-5-14(2)6-8-16/h4-8,10-13H,1,9H2,2-3H3/b17-10-. The summed E-state index contributed by atoms with van der Waals surface area (Å²) in [4.78, 5) is 12.3. The van der Waals surface area contributed by atoms with Crippen molar-refractivity contribution >= 4 is 40.4 Å². The van der Waals surface area contributed by atoms with E-state index in [-0.39, 0.29) is 5.97 Å². The number of hydrogen-bond donors (Lipinski definition) is 0. The molecule has 0 bridgehead atoms. The van der Waals surface area contributed by atoms with Crippen LogP contribution < -0.4 is 9.47 Å². The van der Waals surface area contributed by atoms with E-state index in [1.807, 2.05) is 43.3 Å². The minimum atomic E-state index is -0.369.